The molecule has 50 valence electrons. The zero-order chi connectivity index (χ0) is 6.43. The maximum atomic E-state index is 12.8. The van der Waals surface area contributed by atoms with Gasteiger partial charge in [-0.3, -0.25) is 0 Å². The van der Waals surface area contributed by atoms with E-state index in [0.717, 1.165) is 6.42 Å². The smallest absolute Gasteiger partial charge is 0.108 e. The first kappa shape index (κ1) is 5.90. The SMILES string of the molecule is FC1CC2C=CC1C2Br. The van der Waals surface area contributed by atoms with Crippen LogP contribution in [0, 0.1) is 11.8 Å². The molecule has 2 aliphatic rings. The second-order valence-corrected chi connectivity index (χ2v) is 3.88. The lowest BCUT2D eigenvalue weighted by Crippen LogP contribution is -2.10. The Kier molecular flexibility index (Phi) is 1.19. The molecule has 9 heavy (non-hydrogen) atoms. The van der Waals surface area contributed by atoms with Gasteiger partial charge in [0.15, 0.2) is 0 Å². The lowest BCUT2D eigenvalue weighted by Gasteiger charge is -2.06. The van der Waals surface area contributed by atoms with Crippen LogP contribution in [0.15, 0.2) is 12.2 Å². The van der Waals surface area contributed by atoms with Crippen molar-refractivity contribution in [3.63, 3.8) is 0 Å². The van der Waals surface area contributed by atoms with E-state index in [9.17, 15) is 4.39 Å². The van der Waals surface area contributed by atoms with E-state index < -0.39 is 6.17 Å². The zero-order valence-corrected chi connectivity index (χ0v) is 6.51. The van der Waals surface area contributed by atoms with Crippen LogP contribution in [0.1, 0.15) is 6.42 Å². The molecule has 4 atom stereocenters. The third-order valence-corrected chi connectivity index (χ3v) is 3.56. The number of halogens is 2. The number of allylic oxidation sites excluding steroid dienone is 2. The van der Waals surface area contributed by atoms with Crippen molar-refractivity contribution in [2.75, 3.05) is 0 Å². The van der Waals surface area contributed by atoms with Crippen LogP contribution in [0.4, 0.5) is 4.39 Å². The minimum Gasteiger partial charge on any atom is -0.247 e. The van der Waals surface area contributed by atoms with Gasteiger partial charge in [-0.1, -0.05) is 28.1 Å². The van der Waals surface area contributed by atoms with Crippen molar-refractivity contribution >= 4 is 15.9 Å². The highest BCUT2D eigenvalue weighted by Crippen LogP contribution is 2.45. The molecule has 0 nitrogen and oxygen atoms in total. The summed E-state index contributed by atoms with van der Waals surface area (Å²) in [4.78, 5) is 0.396. The highest BCUT2D eigenvalue weighted by molar-refractivity contribution is 9.09. The molecule has 0 radical (unpaired) electrons. The van der Waals surface area contributed by atoms with Crippen LogP contribution in [-0.4, -0.2) is 11.0 Å². The van der Waals surface area contributed by atoms with Gasteiger partial charge in [0.25, 0.3) is 0 Å². The van der Waals surface area contributed by atoms with Crippen LogP contribution in [0.25, 0.3) is 0 Å². The molecule has 0 heterocycles. The molecule has 4 unspecified atom stereocenters. The molecule has 2 rings (SSSR count). The Bertz CT molecular complexity index is 155. The monoisotopic (exact) mass is 190 g/mol. The first-order chi connectivity index (χ1) is 4.29. The van der Waals surface area contributed by atoms with Gasteiger partial charge in [-0.05, 0) is 12.3 Å². The van der Waals surface area contributed by atoms with Crippen LogP contribution in [0.5, 0.6) is 0 Å². The molecule has 0 spiro atoms. The van der Waals surface area contributed by atoms with Gasteiger partial charge in [0.2, 0.25) is 0 Å². The summed E-state index contributed by atoms with van der Waals surface area (Å²) < 4.78 is 12.8. The van der Waals surface area contributed by atoms with Crippen LogP contribution < -0.4 is 0 Å². The molecule has 0 aliphatic heterocycles. The fraction of sp³-hybridized carbons (Fsp3) is 0.714. The summed E-state index contributed by atoms with van der Waals surface area (Å²) in [6.07, 6.45) is 4.28. The van der Waals surface area contributed by atoms with Gasteiger partial charge in [0.05, 0.1) is 0 Å². The first-order valence-electron chi connectivity index (χ1n) is 3.25. The lowest BCUT2D eigenvalue weighted by molar-refractivity contribution is 0.291. The van der Waals surface area contributed by atoms with Crippen molar-refractivity contribution in [2.45, 2.75) is 17.4 Å². The summed E-state index contributed by atoms with van der Waals surface area (Å²) >= 11 is 3.47. The van der Waals surface area contributed by atoms with E-state index in [4.69, 9.17) is 0 Å². The predicted molar refractivity (Wildman–Crippen MR) is 38.3 cm³/mol. The second-order valence-electron chi connectivity index (χ2n) is 2.82. The van der Waals surface area contributed by atoms with E-state index in [1.807, 2.05) is 6.08 Å². The molecule has 1 saturated carbocycles. The zero-order valence-electron chi connectivity index (χ0n) is 4.93. The third kappa shape index (κ3) is 0.689. The first-order valence-corrected chi connectivity index (χ1v) is 4.17. The molecule has 1 fully saturated rings. The van der Waals surface area contributed by atoms with Gasteiger partial charge < -0.3 is 0 Å². The quantitative estimate of drug-likeness (QED) is 0.407. The molecule has 2 heteroatoms. The summed E-state index contributed by atoms with van der Waals surface area (Å²) in [6, 6.07) is 0. The van der Waals surface area contributed by atoms with Gasteiger partial charge in [0.1, 0.15) is 6.17 Å². The Hall–Kier alpha value is 0.150. The molecular weight excluding hydrogens is 183 g/mol. The summed E-state index contributed by atoms with van der Waals surface area (Å²) in [6.45, 7) is 0. The maximum Gasteiger partial charge on any atom is 0.108 e. The molecule has 2 aliphatic carbocycles. The van der Waals surface area contributed by atoms with Crippen molar-refractivity contribution in [3.8, 4) is 0 Å². The largest absolute Gasteiger partial charge is 0.247 e. The Balaban J connectivity index is 2.26. The molecule has 0 N–H and O–H groups in total. The van der Waals surface area contributed by atoms with Gasteiger partial charge in [-0.25, -0.2) is 4.39 Å². The topological polar surface area (TPSA) is 0 Å². The van der Waals surface area contributed by atoms with E-state index in [1.54, 1.807) is 0 Å². The summed E-state index contributed by atoms with van der Waals surface area (Å²) in [5.74, 6) is 0.653. The van der Waals surface area contributed by atoms with E-state index in [2.05, 4.69) is 22.0 Å². The van der Waals surface area contributed by atoms with Gasteiger partial charge in [-0.2, -0.15) is 0 Å². The minimum atomic E-state index is -0.579. The molecule has 2 bridgehead atoms. The van der Waals surface area contributed by atoms with E-state index in [0.29, 0.717) is 10.7 Å². The number of hydrogen-bond acceptors (Lipinski definition) is 0. The summed E-state index contributed by atoms with van der Waals surface area (Å²) in [5, 5.41) is 0. The van der Waals surface area contributed by atoms with Crippen molar-refractivity contribution < 1.29 is 4.39 Å². The average molecular weight is 191 g/mol. The second kappa shape index (κ2) is 1.82. The molecule has 0 saturated heterocycles. The number of hydrogen-bond donors (Lipinski definition) is 0. The third-order valence-electron chi connectivity index (χ3n) is 2.27. The Morgan fingerprint density at radius 3 is 2.44 bits per heavy atom. The van der Waals surface area contributed by atoms with Crippen LogP contribution in [0.3, 0.4) is 0 Å². The predicted octanol–water partition coefficient (Wildman–Crippen LogP) is 2.29. The fourth-order valence-electron chi connectivity index (χ4n) is 1.71. The highest BCUT2D eigenvalue weighted by Gasteiger charge is 2.43. The fourth-order valence-corrected chi connectivity index (χ4v) is 2.61. The average Bonchev–Trinajstić information content (AvgIpc) is 2.25. The Morgan fingerprint density at radius 1 is 1.44 bits per heavy atom. The van der Waals surface area contributed by atoms with Crippen molar-refractivity contribution in [2.24, 2.45) is 11.8 Å². The number of fused-ring (bicyclic) bond motifs is 2. The number of alkyl halides is 2. The van der Waals surface area contributed by atoms with E-state index in [1.165, 1.54) is 0 Å². The summed E-state index contributed by atoms with van der Waals surface area (Å²) in [5.41, 5.74) is 0. The van der Waals surface area contributed by atoms with Gasteiger partial charge in [-0.15, -0.1) is 0 Å². The molecule has 0 aromatic heterocycles. The highest BCUT2D eigenvalue weighted by atomic mass is 79.9. The molecular formula is C7H8BrF. The molecule has 0 aromatic carbocycles. The molecule has 0 amide bonds. The van der Waals surface area contributed by atoms with Crippen molar-refractivity contribution in [1.29, 1.82) is 0 Å². The Morgan fingerprint density at radius 2 is 2.22 bits per heavy atom. The van der Waals surface area contributed by atoms with Crippen molar-refractivity contribution in [1.82, 2.24) is 0 Å². The molecule has 0 aromatic rings. The number of rotatable bonds is 0. The van der Waals surface area contributed by atoms with Crippen molar-refractivity contribution in [3.05, 3.63) is 12.2 Å². The normalized spacial score (nSPS) is 54.9. The Labute approximate surface area is 62.3 Å². The standard InChI is InChI=1S/C7H8BrF/c8-7-4-1-2-5(7)6(9)3-4/h1-2,4-7H,3H2. The van der Waals surface area contributed by atoms with Gasteiger partial charge >= 0.3 is 0 Å². The van der Waals surface area contributed by atoms with Crippen LogP contribution >= 0.6 is 15.9 Å². The summed E-state index contributed by atoms with van der Waals surface area (Å²) in [7, 11) is 0. The lowest BCUT2D eigenvalue weighted by atomic mass is 10.1. The van der Waals surface area contributed by atoms with E-state index >= 15 is 0 Å². The van der Waals surface area contributed by atoms with Crippen LogP contribution in [0.2, 0.25) is 0 Å². The van der Waals surface area contributed by atoms with Gasteiger partial charge in [0, 0.05) is 10.7 Å². The maximum absolute atomic E-state index is 12.8. The minimum absolute atomic E-state index is 0.176. The van der Waals surface area contributed by atoms with E-state index in [-0.39, 0.29) is 5.92 Å². The van der Waals surface area contributed by atoms with Crippen LogP contribution in [-0.2, 0) is 0 Å².